The molecular formula is C16H21NO. The van der Waals surface area contributed by atoms with E-state index in [4.69, 9.17) is 0 Å². The Balaban J connectivity index is 3.15. The van der Waals surface area contributed by atoms with Gasteiger partial charge in [0.25, 0.3) is 0 Å². The molecule has 0 aliphatic carbocycles. The summed E-state index contributed by atoms with van der Waals surface area (Å²) in [4.78, 5) is 12.4. The zero-order valence-corrected chi connectivity index (χ0v) is 11.9. The van der Waals surface area contributed by atoms with Crippen molar-refractivity contribution in [1.29, 1.82) is 5.26 Å². The molecule has 0 saturated heterocycles. The highest BCUT2D eigenvalue weighted by molar-refractivity contribution is 5.92. The molecule has 0 radical (unpaired) electrons. The molecule has 0 heterocycles. The van der Waals surface area contributed by atoms with Gasteiger partial charge >= 0.3 is 0 Å². The second-order valence-corrected chi connectivity index (χ2v) is 5.51. The molecule has 1 unspecified atom stereocenters. The fourth-order valence-corrected chi connectivity index (χ4v) is 1.79. The van der Waals surface area contributed by atoms with Crippen LogP contribution in [0, 0.1) is 30.6 Å². The van der Waals surface area contributed by atoms with Crippen molar-refractivity contribution in [2.45, 2.75) is 47.0 Å². The van der Waals surface area contributed by atoms with Crippen LogP contribution in [0.3, 0.4) is 0 Å². The molecule has 1 aromatic rings. The van der Waals surface area contributed by atoms with Gasteiger partial charge in [-0.25, -0.2) is 0 Å². The predicted octanol–water partition coefficient (Wildman–Crippen LogP) is 3.92. The van der Waals surface area contributed by atoms with Crippen LogP contribution in [0.5, 0.6) is 0 Å². The number of Topliss-reactive ketones (excluding diaryl/α,β-unsaturated/α-hetero) is 1. The second kappa shape index (κ2) is 5.35. The number of carbonyl (C=O) groups excluding carboxylic acids is 1. The third kappa shape index (κ3) is 2.79. The topological polar surface area (TPSA) is 40.9 Å². The van der Waals surface area contributed by atoms with Crippen molar-refractivity contribution in [3.63, 3.8) is 0 Å². The van der Waals surface area contributed by atoms with Crippen LogP contribution in [0.15, 0.2) is 18.2 Å². The molecule has 0 bridgehead atoms. The number of nitriles is 1. The molecule has 1 rings (SSSR count). The van der Waals surface area contributed by atoms with Crippen molar-refractivity contribution >= 4 is 5.78 Å². The number of hydrogen-bond acceptors (Lipinski definition) is 2. The molecule has 0 amide bonds. The smallest absolute Gasteiger partial charge is 0.160 e. The van der Waals surface area contributed by atoms with Crippen LogP contribution in [0.4, 0.5) is 0 Å². The van der Waals surface area contributed by atoms with Gasteiger partial charge in [-0.3, -0.25) is 4.79 Å². The molecular weight excluding hydrogens is 222 g/mol. The lowest BCUT2D eigenvalue weighted by Crippen LogP contribution is -2.28. The van der Waals surface area contributed by atoms with Gasteiger partial charge < -0.3 is 0 Å². The fraction of sp³-hybridized carbons (Fsp3) is 0.500. The maximum absolute atomic E-state index is 12.4. The van der Waals surface area contributed by atoms with E-state index in [1.807, 2.05) is 52.8 Å². The van der Waals surface area contributed by atoms with E-state index in [1.165, 1.54) is 5.56 Å². The summed E-state index contributed by atoms with van der Waals surface area (Å²) < 4.78 is 0. The Morgan fingerprint density at radius 2 is 1.94 bits per heavy atom. The summed E-state index contributed by atoms with van der Waals surface area (Å²) in [5, 5.41) is 9.30. The van der Waals surface area contributed by atoms with Crippen molar-refractivity contribution in [2.75, 3.05) is 0 Å². The average molecular weight is 243 g/mol. The molecule has 0 fully saturated rings. The molecule has 0 N–H and O–H groups in total. The van der Waals surface area contributed by atoms with Crippen LogP contribution in [-0.4, -0.2) is 5.78 Å². The molecule has 0 spiro atoms. The Kier molecular flexibility index (Phi) is 4.29. The Hall–Kier alpha value is -1.62. The first kappa shape index (κ1) is 14.4. The molecule has 2 heteroatoms. The van der Waals surface area contributed by atoms with Crippen molar-refractivity contribution < 1.29 is 4.79 Å². The highest BCUT2D eigenvalue weighted by Crippen LogP contribution is 2.30. The minimum Gasteiger partial charge on any atom is -0.297 e. The largest absolute Gasteiger partial charge is 0.297 e. The number of nitrogens with zero attached hydrogens (tertiary/aromatic N) is 1. The number of aryl methyl sites for hydroxylation is 2. The molecule has 0 aromatic heterocycles. The molecule has 1 aromatic carbocycles. The summed E-state index contributed by atoms with van der Waals surface area (Å²) in [6.07, 6.45) is 0.745. The van der Waals surface area contributed by atoms with E-state index in [1.54, 1.807) is 0 Å². The first-order chi connectivity index (χ1) is 8.33. The van der Waals surface area contributed by atoms with E-state index >= 15 is 0 Å². The Morgan fingerprint density at radius 3 is 2.39 bits per heavy atom. The van der Waals surface area contributed by atoms with Gasteiger partial charge in [-0.15, -0.1) is 0 Å². The Bertz CT molecular complexity index is 494. The van der Waals surface area contributed by atoms with E-state index < -0.39 is 11.3 Å². The van der Waals surface area contributed by atoms with Crippen LogP contribution in [0.1, 0.15) is 49.8 Å². The average Bonchev–Trinajstić information content (AvgIpc) is 2.34. The van der Waals surface area contributed by atoms with Gasteiger partial charge in [0.2, 0.25) is 0 Å². The van der Waals surface area contributed by atoms with Gasteiger partial charge in [0, 0.05) is 5.41 Å². The van der Waals surface area contributed by atoms with E-state index in [0.29, 0.717) is 0 Å². The number of carbonyl (C=O) groups is 1. The molecule has 18 heavy (non-hydrogen) atoms. The standard InChI is InChI=1S/C16H21NO/c1-6-16(4,5)15(18)14(10-17)13-8-7-11(2)12(3)9-13/h7-9,14H,6H2,1-5H3. The summed E-state index contributed by atoms with van der Waals surface area (Å²) >= 11 is 0. The lowest BCUT2D eigenvalue weighted by molar-refractivity contribution is -0.127. The van der Waals surface area contributed by atoms with Gasteiger partial charge in [-0.2, -0.15) is 5.26 Å². The van der Waals surface area contributed by atoms with E-state index in [-0.39, 0.29) is 5.78 Å². The SMILES string of the molecule is CCC(C)(C)C(=O)C(C#N)c1ccc(C)c(C)c1. The van der Waals surface area contributed by atoms with Crippen LogP contribution in [-0.2, 0) is 4.79 Å². The number of ketones is 1. The Morgan fingerprint density at radius 1 is 1.33 bits per heavy atom. The molecule has 96 valence electrons. The zero-order valence-electron chi connectivity index (χ0n) is 11.9. The molecule has 2 nitrogen and oxygen atoms in total. The summed E-state index contributed by atoms with van der Waals surface area (Å²) in [6, 6.07) is 7.97. The molecule has 0 saturated carbocycles. The van der Waals surface area contributed by atoms with Crippen molar-refractivity contribution in [1.82, 2.24) is 0 Å². The van der Waals surface area contributed by atoms with Crippen LogP contribution in [0.25, 0.3) is 0 Å². The third-order valence-electron chi connectivity index (χ3n) is 3.81. The fourth-order valence-electron chi connectivity index (χ4n) is 1.79. The van der Waals surface area contributed by atoms with Crippen molar-refractivity contribution in [2.24, 2.45) is 5.41 Å². The molecule has 1 atom stereocenters. The number of hydrogen-bond donors (Lipinski definition) is 0. The number of benzene rings is 1. The number of rotatable bonds is 4. The first-order valence-corrected chi connectivity index (χ1v) is 6.34. The first-order valence-electron chi connectivity index (χ1n) is 6.34. The van der Waals surface area contributed by atoms with Gasteiger partial charge in [0.1, 0.15) is 5.92 Å². The third-order valence-corrected chi connectivity index (χ3v) is 3.81. The summed E-state index contributed by atoms with van der Waals surface area (Å²) in [6.45, 7) is 9.81. The highest BCUT2D eigenvalue weighted by atomic mass is 16.1. The maximum Gasteiger partial charge on any atom is 0.160 e. The van der Waals surface area contributed by atoms with E-state index in [0.717, 1.165) is 17.5 Å². The summed E-state index contributed by atoms with van der Waals surface area (Å²) in [7, 11) is 0. The quantitative estimate of drug-likeness (QED) is 0.804. The second-order valence-electron chi connectivity index (χ2n) is 5.51. The van der Waals surface area contributed by atoms with Gasteiger partial charge in [0.15, 0.2) is 5.78 Å². The van der Waals surface area contributed by atoms with Gasteiger partial charge in [-0.1, -0.05) is 39.0 Å². The minimum atomic E-state index is -0.653. The van der Waals surface area contributed by atoms with E-state index in [2.05, 4.69) is 6.07 Å². The van der Waals surface area contributed by atoms with Crippen molar-refractivity contribution in [3.05, 3.63) is 34.9 Å². The van der Waals surface area contributed by atoms with Crippen LogP contribution < -0.4 is 0 Å². The molecule has 0 aliphatic rings. The normalized spacial score (nSPS) is 12.9. The lowest BCUT2D eigenvalue weighted by atomic mass is 9.77. The zero-order chi connectivity index (χ0) is 13.9. The van der Waals surface area contributed by atoms with Crippen molar-refractivity contribution in [3.8, 4) is 6.07 Å². The van der Waals surface area contributed by atoms with Crippen LogP contribution >= 0.6 is 0 Å². The Labute approximate surface area is 110 Å². The predicted molar refractivity (Wildman–Crippen MR) is 73.3 cm³/mol. The van der Waals surface area contributed by atoms with E-state index in [9.17, 15) is 10.1 Å². The maximum atomic E-state index is 12.4. The van der Waals surface area contributed by atoms with Crippen LogP contribution in [0.2, 0.25) is 0 Å². The highest BCUT2D eigenvalue weighted by Gasteiger charge is 2.33. The monoisotopic (exact) mass is 243 g/mol. The minimum absolute atomic E-state index is 0.00996. The molecule has 0 aliphatic heterocycles. The lowest BCUT2D eigenvalue weighted by Gasteiger charge is -2.24. The van der Waals surface area contributed by atoms with Gasteiger partial charge in [-0.05, 0) is 37.0 Å². The summed E-state index contributed by atoms with van der Waals surface area (Å²) in [5.74, 6) is -0.644. The van der Waals surface area contributed by atoms with Gasteiger partial charge in [0.05, 0.1) is 6.07 Å². The summed E-state index contributed by atoms with van der Waals surface area (Å²) in [5.41, 5.74) is 2.67.